The summed E-state index contributed by atoms with van der Waals surface area (Å²) in [5, 5.41) is 10.8. The maximum atomic E-state index is 12.2. The van der Waals surface area contributed by atoms with Gasteiger partial charge in [0.2, 0.25) is 0 Å². The zero-order chi connectivity index (χ0) is 18.4. The van der Waals surface area contributed by atoms with E-state index in [0.29, 0.717) is 5.56 Å². The Morgan fingerprint density at radius 3 is 2.28 bits per heavy atom. The molecule has 0 fully saturated rings. The summed E-state index contributed by atoms with van der Waals surface area (Å²) in [6.45, 7) is 2.00. The molecule has 2 aromatic rings. The van der Waals surface area contributed by atoms with Crippen LogP contribution in [-0.2, 0) is 6.42 Å². The van der Waals surface area contributed by atoms with Gasteiger partial charge in [0, 0.05) is 17.7 Å². The van der Waals surface area contributed by atoms with Crippen LogP contribution in [0.15, 0.2) is 42.5 Å². The van der Waals surface area contributed by atoms with E-state index < -0.39 is 16.7 Å². The summed E-state index contributed by atoms with van der Waals surface area (Å²) in [6, 6.07) is 10.6. The highest BCUT2D eigenvalue weighted by atomic mass is 16.6. The SMILES string of the molecule is CCc1ccc(C(=O)NNC(=O)c2cc([N+](=O)[O-])ccc2OC)cc1. The van der Waals surface area contributed by atoms with E-state index in [0.717, 1.165) is 18.1 Å². The van der Waals surface area contributed by atoms with Crippen molar-refractivity contribution in [2.24, 2.45) is 0 Å². The Morgan fingerprint density at radius 2 is 1.72 bits per heavy atom. The van der Waals surface area contributed by atoms with Crippen LogP contribution in [0, 0.1) is 10.1 Å². The largest absolute Gasteiger partial charge is 0.496 e. The van der Waals surface area contributed by atoms with Crippen molar-refractivity contribution in [2.45, 2.75) is 13.3 Å². The number of aryl methyl sites for hydroxylation is 1. The van der Waals surface area contributed by atoms with Crippen molar-refractivity contribution in [1.29, 1.82) is 0 Å². The van der Waals surface area contributed by atoms with Gasteiger partial charge in [-0.3, -0.25) is 30.6 Å². The molecule has 2 rings (SSSR count). The number of nitro groups is 1. The van der Waals surface area contributed by atoms with E-state index in [2.05, 4.69) is 10.9 Å². The van der Waals surface area contributed by atoms with E-state index in [1.54, 1.807) is 12.1 Å². The first-order chi connectivity index (χ1) is 12.0. The third-order valence-corrected chi connectivity index (χ3v) is 3.55. The molecule has 0 bridgehead atoms. The van der Waals surface area contributed by atoms with Crippen LogP contribution in [-0.4, -0.2) is 23.8 Å². The molecule has 25 heavy (non-hydrogen) atoms. The molecule has 8 heteroatoms. The highest BCUT2D eigenvalue weighted by Gasteiger charge is 2.18. The van der Waals surface area contributed by atoms with Crippen LogP contribution >= 0.6 is 0 Å². The molecule has 0 unspecified atom stereocenters. The summed E-state index contributed by atoms with van der Waals surface area (Å²) >= 11 is 0. The predicted molar refractivity (Wildman–Crippen MR) is 90.4 cm³/mol. The summed E-state index contributed by atoms with van der Waals surface area (Å²) in [4.78, 5) is 34.5. The van der Waals surface area contributed by atoms with Crippen molar-refractivity contribution in [3.8, 4) is 5.75 Å². The molecule has 0 heterocycles. The number of nitrogens with zero attached hydrogens (tertiary/aromatic N) is 1. The molecule has 0 aliphatic rings. The second-order valence-electron chi connectivity index (χ2n) is 5.10. The minimum atomic E-state index is -0.723. The summed E-state index contributed by atoms with van der Waals surface area (Å²) in [5.74, 6) is -1.07. The Morgan fingerprint density at radius 1 is 1.08 bits per heavy atom. The number of ether oxygens (including phenoxy) is 1. The van der Waals surface area contributed by atoms with Crippen LogP contribution in [0.5, 0.6) is 5.75 Å². The second kappa shape index (κ2) is 7.91. The normalized spacial score (nSPS) is 10.0. The van der Waals surface area contributed by atoms with Gasteiger partial charge in [-0.2, -0.15) is 0 Å². The van der Waals surface area contributed by atoms with Crippen LogP contribution in [0.1, 0.15) is 33.2 Å². The summed E-state index contributed by atoms with van der Waals surface area (Å²) in [6.07, 6.45) is 0.852. The Bertz CT molecular complexity index is 802. The zero-order valence-corrected chi connectivity index (χ0v) is 13.7. The Kier molecular flexibility index (Phi) is 5.67. The van der Waals surface area contributed by atoms with Crippen molar-refractivity contribution < 1.29 is 19.2 Å². The number of nitro benzene ring substituents is 1. The predicted octanol–water partition coefficient (Wildman–Crippen LogP) is 2.24. The standard InChI is InChI=1S/C17H17N3O5/c1-3-11-4-6-12(7-5-11)16(21)18-19-17(22)14-10-13(20(23)24)8-9-15(14)25-2/h4-10H,3H2,1-2H3,(H,18,21)(H,19,22). The minimum Gasteiger partial charge on any atom is -0.496 e. The molecule has 130 valence electrons. The molecule has 0 aliphatic heterocycles. The third-order valence-electron chi connectivity index (χ3n) is 3.55. The fraction of sp³-hybridized carbons (Fsp3) is 0.176. The van der Waals surface area contributed by atoms with Gasteiger partial charge in [-0.15, -0.1) is 0 Å². The maximum absolute atomic E-state index is 12.2. The summed E-state index contributed by atoms with van der Waals surface area (Å²) in [7, 11) is 1.34. The molecule has 0 aliphatic carbocycles. The van der Waals surface area contributed by atoms with Crippen LogP contribution in [0.4, 0.5) is 5.69 Å². The topological polar surface area (TPSA) is 111 Å². The lowest BCUT2D eigenvalue weighted by molar-refractivity contribution is -0.384. The van der Waals surface area contributed by atoms with Crippen molar-refractivity contribution in [1.82, 2.24) is 10.9 Å². The lowest BCUT2D eigenvalue weighted by Crippen LogP contribution is -2.41. The van der Waals surface area contributed by atoms with Crippen molar-refractivity contribution in [2.75, 3.05) is 7.11 Å². The van der Waals surface area contributed by atoms with Gasteiger partial charge in [0.1, 0.15) is 5.75 Å². The molecule has 2 aromatic carbocycles. The number of hydrogen-bond donors (Lipinski definition) is 2. The van der Waals surface area contributed by atoms with E-state index in [1.165, 1.54) is 19.2 Å². The number of nitrogens with one attached hydrogen (secondary N) is 2. The monoisotopic (exact) mass is 343 g/mol. The Balaban J connectivity index is 2.09. The molecule has 0 atom stereocenters. The van der Waals surface area contributed by atoms with E-state index in [-0.39, 0.29) is 17.0 Å². The highest BCUT2D eigenvalue weighted by molar-refractivity contribution is 6.00. The molecule has 0 saturated carbocycles. The minimum absolute atomic E-state index is 0.0571. The van der Waals surface area contributed by atoms with Gasteiger partial charge in [0.05, 0.1) is 17.6 Å². The lowest BCUT2D eigenvalue weighted by atomic mass is 10.1. The molecule has 2 amide bonds. The van der Waals surface area contributed by atoms with E-state index in [1.807, 2.05) is 19.1 Å². The summed E-state index contributed by atoms with van der Waals surface area (Å²) in [5.41, 5.74) is 5.65. The number of non-ortho nitro benzene ring substituents is 1. The first-order valence-electron chi connectivity index (χ1n) is 7.48. The van der Waals surface area contributed by atoms with Gasteiger partial charge in [-0.05, 0) is 30.2 Å². The number of methoxy groups -OCH3 is 1. The number of carbonyl (C=O) groups excluding carboxylic acids is 2. The van der Waals surface area contributed by atoms with Crippen molar-refractivity contribution in [3.63, 3.8) is 0 Å². The highest BCUT2D eigenvalue weighted by Crippen LogP contribution is 2.23. The van der Waals surface area contributed by atoms with Crippen molar-refractivity contribution in [3.05, 3.63) is 69.3 Å². The van der Waals surface area contributed by atoms with Crippen LogP contribution in [0.3, 0.4) is 0 Å². The third kappa shape index (κ3) is 4.31. The Labute approximate surface area is 143 Å². The molecular weight excluding hydrogens is 326 g/mol. The average molecular weight is 343 g/mol. The smallest absolute Gasteiger partial charge is 0.273 e. The number of hydrogen-bond acceptors (Lipinski definition) is 5. The van der Waals surface area contributed by atoms with Crippen LogP contribution < -0.4 is 15.6 Å². The number of benzene rings is 2. The second-order valence-corrected chi connectivity index (χ2v) is 5.10. The van der Waals surface area contributed by atoms with Gasteiger partial charge in [-0.1, -0.05) is 19.1 Å². The zero-order valence-electron chi connectivity index (χ0n) is 13.7. The molecular formula is C17H17N3O5. The fourth-order valence-corrected chi connectivity index (χ4v) is 2.13. The molecule has 0 radical (unpaired) electrons. The Hall–Kier alpha value is -3.42. The van der Waals surface area contributed by atoms with Crippen molar-refractivity contribution >= 4 is 17.5 Å². The first kappa shape index (κ1) is 17.9. The van der Waals surface area contributed by atoms with E-state index >= 15 is 0 Å². The number of rotatable bonds is 5. The van der Waals surface area contributed by atoms with Crippen LogP contribution in [0.2, 0.25) is 0 Å². The maximum Gasteiger partial charge on any atom is 0.273 e. The van der Waals surface area contributed by atoms with Gasteiger partial charge in [0.25, 0.3) is 17.5 Å². The molecule has 2 N–H and O–H groups in total. The number of carbonyl (C=O) groups is 2. The van der Waals surface area contributed by atoms with Crippen LogP contribution in [0.25, 0.3) is 0 Å². The molecule has 0 saturated heterocycles. The van der Waals surface area contributed by atoms with Gasteiger partial charge >= 0.3 is 0 Å². The van der Waals surface area contributed by atoms with E-state index in [4.69, 9.17) is 4.74 Å². The average Bonchev–Trinajstić information content (AvgIpc) is 2.65. The lowest BCUT2D eigenvalue weighted by Gasteiger charge is -2.10. The number of hydrazine groups is 1. The molecule has 0 aromatic heterocycles. The summed E-state index contributed by atoms with van der Waals surface area (Å²) < 4.78 is 5.02. The quantitative estimate of drug-likeness (QED) is 0.639. The fourth-order valence-electron chi connectivity index (χ4n) is 2.13. The molecule has 8 nitrogen and oxygen atoms in total. The molecule has 0 spiro atoms. The first-order valence-corrected chi connectivity index (χ1v) is 7.48. The van der Waals surface area contributed by atoms with Gasteiger partial charge in [-0.25, -0.2) is 0 Å². The van der Waals surface area contributed by atoms with Gasteiger partial charge < -0.3 is 4.74 Å². The van der Waals surface area contributed by atoms with Gasteiger partial charge in [0.15, 0.2) is 0 Å². The van der Waals surface area contributed by atoms with E-state index in [9.17, 15) is 19.7 Å². The number of amides is 2.